The molecule has 0 bridgehead atoms. The van der Waals surface area contributed by atoms with Crippen LogP contribution in [0.15, 0.2) is 29.3 Å². The fraction of sp³-hybridized carbons (Fsp3) is 0.611. The van der Waals surface area contributed by atoms with Gasteiger partial charge in [0, 0.05) is 18.7 Å². The van der Waals surface area contributed by atoms with Crippen LogP contribution < -0.4 is 15.4 Å². The molecule has 4 heteroatoms. The molecule has 0 aromatic heterocycles. The molecule has 1 fully saturated rings. The van der Waals surface area contributed by atoms with Gasteiger partial charge >= 0.3 is 0 Å². The molecule has 22 heavy (non-hydrogen) atoms. The summed E-state index contributed by atoms with van der Waals surface area (Å²) in [5.74, 6) is 2.45. The second kappa shape index (κ2) is 8.66. The lowest BCUT2D eigenvalue weighted by Crippen LogP contribution is -2.39. The van der Waals surface area contributed by atoms with Crippen molar-refractivity contribution in [1.29, 1.82) is 0 Å². The molecule has 0 heterocycles. The first-order chi connectivity index (χ1) is 10.7. The maximum atomic E-state index is 6.06. The van der Waals surface area contributed by atoms with Crippen molar-refractivity contribution in [3.63, 3.8) is 0 Å². The Bertz CT molecular complexity index is 481. The minimum Gasteiger partial charge on any atom is -0.490 e. The Balaban J connectivity index is 1.98. The summed E-state index contributed by atoms with van der Waals surface area (Å²) >= 11 is 0. The molecule has 122 valence electrons. The number of nitrogens with one attached hydrogen (secondary N) is 2. The number of guanidine groups is 1. The summed E-state index contributed by atoms with van der Waals surface area (Å²) in [6.07, 6.45) is 4.04. The van der Waals surface area contributed by atoms with E-state index in [4.69, 9.17) is 4.74 Å². The van der Waals surface area contributed by atoms with Crippen LogP contribution in [-0.4, -0.2) is 25.2 Å². The van der Waals surface area contributed by atoms with Gasteiger partial charge in [-0.15, -0.1) is 0 Å². The third-order valence-corrected chi connectivity index (χ3v) is 3.75. The molecule has 4 nitrogen and oxygen atoms in total. The van der Waals surface area contributed by atoms with Crippen molar-refractivity contribution in [2.24, 2.45) is 10.9 Å². The summed E-state index contributed by atoms with van der Waals surface area (Å²) in [7, 11) is 0. The first-order valence-corrected chi connectivity index (χ1v) is 8.45. The molecule has 1 saturated carbocycles. The second-order valence-electron chi connectivity index (χ2n) is 6.25. The van der Waals surface area contributed by atoms with Gasteiger partial charge in [0.1, 0.15) is 5.75 Å². The Hall–Kier alpha value is -1.71. The fourth-order valence-electron chi connectivity index (χ4n) is 2.22. The lowest BCUT2D eigenvalue weighted by molar-refractivity contribution is 0.119. The summed E-state index contributed by atoms with van der Waals surface area (Å²) < 4.78 is 6.06. The van der Waals surface area contributed by atoms with Crippen molar-refractivity contribution in [3.05, 3.63) is 29.8 Å². The lowest BCUT2D eigenvalue weighted by Gasteiger charge is -2.27. The van der Waals surface area contributed by atoms with Gasteiger partial charge in [-0.2, -0.15) is 0 Å². The van der Waals surface area contributed by atoms with E-state index in [0.717, 1.165) is 30.4 Å². The number of aliphatic imine (C=N–C) groups is 1. The van der Waals surface area contributed by atoms with Crippen molar-refractivity contribution < 1.29 is 4.74 Å². The molecule has 1 aromatic carbocycles. The number of hydrogen-bond acceptors (Lipinski definition) is 2. The van der Waals surface area contributed by atoms with Crippen molar-refractivity contribution in [3.8, 4) is 5.75 Å². The predicted molar refractivity (Wildman–Crippen MR) is 92.4 cm³/mol. The number of nitrogens with zero attached hydrogens (tertiary/aromatic N) is 1. The molecule has 1 aliphatic carbocycles. The average Bonchev–Trinajstić information content (AvgIpc) is 2.46. The highest BCUT2D eigenvalue weighted by molar-refractivity contribution is 5.79. The van der Waals surface area contributed by atoms with Gasteiger partial charge < -0.3 is 15.4 Å². The Labute approximate surface area is 134 Å². The lowest BCUT2D eigenvalue weighted by atomic mass is 9.96. The molecule has 0 aliphatic heterocycles. The minimum absolute atomic E-state index is 0.400. The molecule has 1 aliphatic rings. The van der Waals surface area contributed by atoms with Crippen LogP contribution in [0.2, 0.25) is 0 Å². The largest absolute Gasteiger partial charge is 0.490 e. The van der Waals surface area contributed by atoms with Gasteiger partial charge in [-0.3, -0.25) is 0 Å². The van der Waals surface area contributed by atoms with Gasteiger partial charge in [0.25, 0.3) is 0 Å². The summed E-state index contributed by atoms with van der Waals surface area (Å²) in [5, 5.41) is 6.66. The maximum absolute atomic E-state index is 6.06. The van der Waals surface area contributed by atoms with Crippen molar-refractivity contribution >= 4 is 5.96 Å². The van der Waals surface area contributed by atoms with E-state index in [9.17, 15) is 0 Å². The van der Waals surface area contributed by atoms with Gasteiger partial charge in [-0.1, -0.05) is 32.0 Å². The van der Waals surface area contributed by atoms with Crippen LogP contribution in [0.4, 0.5) is 0 Å². The topological polar surface area (TPSA) is 45.7 Å². The van der Waals surface area contributed by atoms with Crippen LogP contribution in [0.1, 0.15) is 45.6 Å². The molecule has 0 saturated heterocycles. The van der Waals surface area contributed by atoms with E-state index >= 15 is 0 Å². The average molecular weight is 303 g/mol. The normalized spacial score (nSPS) is 15.5. The Morgan fingerprint density at radius 2 is 2.05 bits per heavy atom. The Morgan fingerprint density at radius 3 is 2.68 bits per heavy atom. The molecule has 1 aromatic rings. The Morgan fingerprint density at radius 1 is 1.27 bits per heavy atom. The molecule has 0 radical (unpaired) electrons. The Kier molecular flexibility index (Phi) is 6.56. The monoisotopic (exact) mass is 303 g/mol. The highest BCUT2D eigenvalue weighted by Crippen LogP contribution is 2.27. The van der Waals surface area contributed by atoms with E-state index in [0.29, 0.717) is 18.6 Å². The zero-order chi connectivity index (χ0) is 15.8. The van der Waals surface area contributed by atoms with Crippen molar-refractivity contribution in [1.82, 2.24) is 10.6 Å². The molecule has 0 atom stereocenters. The first kappa shape index (κ1) is 16.7. The van der Waals surface area contributed by atoms with Gasteiger partial charge in [0.05, 0.1) is 12.6 Å². The first-order valence-electron chi connectivity index (χ1n) is 8.45. The summed E-state index contributed by atoms with van der Waals surface area (Å²) in [6.45, 7) is 8.89. The van der Waals surface area contributed by atoms with E-state index in [-0.39, 0.29) is 0 Å². The fourth-order valence-corrected chi connectivity index (χ4v) is 2.22. The van der Waals surface area contributed by atoms with E-state index in [1.165, 1.54) is 19.3 Å². The molecular weight excluding hydrogens is 274 g/mol. The van der Waals surface area contributed by atoms with Crippen LogP contribution in [0.3, 0.4) is 0 Å². The summed E-state index contributed by atoms with van der Waals surface area (Å²) in [4.78, 5) is 4.68. The van der Waals surface area contributed by atoms with Gasteiger partial charge in [0.2, 0.25) is 0 Å². The number of ether oxygens (including phenoxy) is 1. The third-order valence-electron chi connectivity index (χ3n) is 3.75. The van der Waals surface area contributed by atoms with Crippen molar-refractivity contribution in [2.45, 2.75) is 52.7 Å². The molecule has 0 amide bonds. The van der Waals surface area contributed by atoms with Crippen LogP contribution in [0.25, 0.3) is 0 Å². The molecule has 0 spiro atoms. The van der Waals surface area contributed by atoms with Crippen molar-refractivity contribution in [2.75, 3.05) is 13.1 Å². The van der Waals surface area contributed by atoms with E-state index in [1.54, 1.807) is 0 Å². The highest BCUT2D eigenvalue weighted by Gasteiger charge is 2.20. The second-order valence-corrected chi connectivity index (χ2v) is 6.25. The van der Waals surface area contributed by atoms with Gasteiger partial charge in [-0.25, -0.2) is 4.99 Å². The number of para-hydroxylation sites is 1. The SMILES string of the molecule is CCNC(=NCc1ccccc1OC1CCC1)NCC(C)C. The quantitative estimate of drug-likeness (QED) is 0.600. The number of hydrogen-bond donors (Lipinski definition) is 2. The van der Waals surface area contributed by atoms with Crippen LogP contribution in [0.5, 0.6) is 5.75 Å². The molecule has 0 unspecified atom stereocenters. The molecular formula is C18H29N3O. The van der Waals surface area contributed by atoms with Crippen LogP contribution in [-0.2, 0) is 6.54 Å². The van der Waals surface area contributed by atoms with E-state index < -0.39 is 0 Å². The van der Waals surface area contributed by atoms with E-state index in [1.807, 2.05) is 12.1 Å². The molecule has 2 rings (SSSR count). The molecule has 2 N–H and O–H groups in total. The minimum atomic E-state index is 0.400. The summed E-state index contributed by atoms with van der Waals surface area (Å²) in [6, 6.07) is 8.23. The highest BCUT2D eigenvalue weighted by atomic mass is 16.5. The van der Waals surface area contributed by atoms with Crippen LogP contribution >= 0.6 is 0 Å². The standard InChI is InChI=1S/C18H29N3O/c1-4-19-18(20-12-14(2)3)21-13-15-8-5-6-11-17(15)22-16-9-7-10-16/h5-6,8,11,14,16H,4,7,9-10,12-13H2,1-3H3,(H2,19,20,21). The van der Waals surface area contributed by atoms with Crippen LogP contribution in [0, 0.1) is 5.92 Å². The van der Waals surface area contributed by atoms with E-state index in [2.05, 4.69) is 48.5 Å². The maximum Gasteiger partial charge on any atom is 0.191 e. The number of benzene rings is 1. The zero-order valence-electron chi connectivity index (χ0n) is 14.1. The smallest absolute Gasteiger partial charge is 0.191 e. The number of rotatable bonds is 7. The van der Waals surface area contributed by atoms with Gasteiger partial charge in [0.15, 0.2) is 5.96 Å². The predicted octanol–water partition coefficient (Wildman–Crippen LogP) is 3.33. The third kappa shape index (κ3) is 5.24. The summed E-state index contributed by atoms with van der Waals surface area (Å²) in [5.41, 5.74) is 1.15. The van der Waals surface area contributed by atoms with Gasteiger partial charge in [-0.05, 0) is 38.2 Å². The zero-order valence-corrected chi connectivity index (χ0v) is 14.1.